The largest absolute Gasteiger partial charge is 0.497 e. The molecule has 272 valence electrons. The summed E-state index contributed by atoms with van der Waals surface area (Å²) in [4.78, 5) is 0. The molecule has 52 heavy (non-hydrogen) atoms. The molecule has 0 fully saturated rings. The van der Waals surface area contributed by atoms with Crippen LogP contribution in [0.15, 0.2) is 146 Å². The lowest BCUT2D eigenvalue weighted by Gasteiger charge is -2.11. The summed E-state index contributed by atoms with van der Waals surface area (Å²) in [5.74, 6) is 5.43. The summed E-state index contributed by atoms with van der Waals surface area (Å²) in [6.45, 7) is 0. The van der Waals surface area contributed by atoms with Gasteiger partial charge in [-0.15, -0.1) is 0 Å². The Bertz CT molecular complexity index is 1770. The van der Waals surface area contributed by atoms with Gasteiger partial charge in [-0.25, -0.2) is 0 Å². The third kappa shape index (κ3) is 12.5. The molecule has 0 heterocycles. The first-order valence-corrected chi connectivity index (χ1v) is 16.7. The van der Waals surface area contributed by atoms with E-state index in [0.29, 0.717) is 0 Å². The second kappa shape index (κ2) is 22.0. The monoisotopic (exact) mass is 700 g/mol. The van der Waals surface area contributed by atoms with Crippen LogP contribution in [0.2, 0.25) is 0 Å². The van der Waals surface area contributed by atoms with Gasteiger partial charge in [-0.2, -0.15) is 0 Å². The summed E-state index contributed by atoms with van der Waals surface area (Å²) in [5, 5.41) is 0. The van der Waals surface area contributed by atoms with Gasteiger partial charge in [0.15, 0.2) is 0 Å². The second-order valence-corrected chi connectivity index (χ2v) is 11.5. The molecule has 0 N–H and O–H groups in total. The number of methoxy groups -OCH3 is 6. The molecule has 0 radical (unpaired) electrons. The lowest BCUT2D eigenvalue weighted by molar-refractivity contribution is 0.405. The SMILES string of the molecule is C.COc1ccc(Cc2ccc(OC)cc2)cc1.COc1ccc(Cc2ccccc2OC)cc1.COc1ccccc1Cc1ccccc1OC. The standard InChI is InChI=1S/3C15H16O2.CH4/c1-16-14-7-3-12(4-8-14)11-13-5-9-15(17-2)10-6-13;1-16-14-9-5-3-7-12(14)11-13-8-4-6-10-15(13)17-2;1-16-14-9-7-12(8-10-14)11-13-5-3-4-6-15(13)17-2;/h3*3-10H,11H2,1-2H3;1H4. The lowest BCUT2D eigenvalue weighted by atomic mass is 10.0. The topological polar surface area (TPSA) is 55.4 Å². The average Bonchev–Trinajstić information content (AvgIpc) is 3.20. The van der Waals surface area contributed by atoms with Crippen molar-refractivity contribution in [2.45, 2.75) is 26.7 Å². The van der Waals surface area contributed by atoms with E-state index in [4.69, 9.17) is 28.4 Å². The Balaban J connectivity index is 0.000000208. The van der Waals surface area contributed by atoms with Crippen LogP contribution in [0.3, 0.4) is 0 Å². The van der Waals surface area contributed by atoms with Gasteiger partial charge in [0.1, 0.15) is 34.5 Å². The first-order chi connectivity index (χ1) is 25.0. The van der Waals surface area contributed by atoms with Crippen LogP contribution in [0.1, 0.15) is 40.8 Å². The molecule has 0 aromatic heterocycles. The molecule has 6 nitrogen and oxygen atoms in total. The van der Waals surface area contributed by atoms with E-state index < -0.39 is 0 Å². The van der Waals surface area contributed by atoms with Gasteiger partial charge in [-0.3, -0.25) is 0 Å². The first kappa shape index (κ1) is 40.5. The molecule has 0 amide bonds. The highest BCUT2D eigenvalue weighted by molar-refractivity contribution is 5.43. The van der Waals surface area contributed by atoms with Gasteiger partial charge < -0.3 is 28.4 Å². The molecule has 0 saturated carbocycles. The molecule has 0 aliphatic carbocycles. The Kier molecular flexibility index (Phi) is 17.2. The van der Waals surface area contributed by atoms with E-state index >= 15 is 0 Å². The minimum atomic E-state index is 0. The summed E-state index contributed by atoms with van der Waals surface area (Å²) < 4.78 is 31.4. The van der Waals surface area contributed by atoms with Crippen molar-refractivity contribution in [2.75, 3.05) is 42.7 Å². The predicted molar refractivity (Wildman–Crippen MR) is 213 cm³/mol. The maximum absolute atomic E-state index is 5.35. The fourth-order valence-corrected chi connectivity index (χ4v) is 5.44. The van der Waals surface area contributed by atoms with Crippen molar-refractivity contribution in [3.63, 3.8) is 0 Å². The number of hydrogen-bond acceptors (Lipinski definition) is 6. The van der Waals surface area contributed by atoms with Gasteiger partial charge >= 0.3 is 0 Å². The molecule has 0 unspecified atom stereocenters. The maximum atomic E-state index is 5.35. The zero-order chi connectivity index (χ0) is 36.3. The van der Waals surface area contributed by atoms with Crippen LogP contribution >= 0.6 is 0 Å². The molecule has 0 bridgehead atoms. The van der Waals surface area contributed by atoms with E-state index in [1.54, 1.807) is 42.7 Å². The van der Waals surface area contributed by atoms with Gasteiger partial charge in [-0.1, -0.05) is 98.4 Å². The second-order valence-electron chi connectivity index (χ2n) is 11.5. The van der Waals surface area contributed by atoms with Crippen molar-refractivity contribution >= 4 is 0 Å². The van der Waals surface area contributed by atoms with E-state index in [1.807, 2.05) is 91.0 Å². The van der Waals surface area contributed by atoms with Crippen LogP contribution in [0.4, 0.5) is 0 Å². The summed E-state index contributed by atoms with van der Waals surface area (Å²) in [6, 6.07) is 48.6. The highest BCUT2D eigenvalue weighted by atomic mass is 16.5. The number of benzene rings is 6. The van der Waals surface area contributed by atoms with Crippen LogP contribution in [0.25, 0.3) is 0 Å². The molecule has 0 aliphatic heterocycles. The van der Waals surface area contributed by atoms with Crippen molar-refractivity contribution in [1.29, 1.82) is 0 Å². The number of ether oxygens (including phenoxy) is 6. The molecular formula is C46H52O6. The number of hydrogen-bond donors (Lipinski definition) is 0. The summed E-state index contributed by atoms with van der Waals surface area (Å²) in [5.41, 5.74) is 7.32. The summed E-state index contributed by atoms with van der Waals surface area (Å²) in [7, 11) is 10.1. The minimum absolute atomic E-state index is 0. The van der Waals surface area contributed by atoms with E-state index in [9.17, 15) is 0 Å². The Hall–Kier alpha value is -5.88. The van der Waals surface area contributed by atoms with Gasteiger partial charge in [0, 0.05) is 12.8 Å². The first-order valence-electron chi connectivity index (χ1n) is 16.7. The maximum Gasteiger partial charge on any atom is 0.122 e. The third-order valence-electron chi connectivity index (χ3n) is 8.24. The van der Waals surface area contributed by atoms with Crippen molar-refractivity contribution in [1.82, 2.24) is 0 Å². The van der Waals surface area contributed by atoms with Gasteiger partial charge in [0.05, 0.1) is 42.7 Å². The number of rotatable bonds is 12. The fourth-order valence-electron chi connectivity index (χ4n) is 5.44. The Morgan fingerprint density at radius 2 is 0.558 bits per heavy atom. The Morgan fingerprint density at radius 1 is 0.288 bits per heavy atom. The molecule has 6 aromatic carbocycles. The molecular weight excluding hydrogens is 649 g/mol. The van der Waals surface area contributed by atoms with Crippen LogP contribution in [0.5, 0.6) is 34.5 Å². The Labute approximate surface area is 310 Å². The average molecular weight is 701 g/mol. The van der Waals surface area contributed by atoms with Crippen molar-refractivity contribution in [3.8, 4) is 34.5 Å². The quantitative estimate of drug-likeness (QED) is 0.127. The van der Waals surface area contributed by atoms with Crippen LogP contribution in [0, 0.1) is 0 Å². The van der Waals surface area contributed by atoms with E-state index in [-0.39, 0.29) is 7.43 Å². The summed E-state index contributed by atoms with van der Waals surface area (Å²) in [6.07, 6.45) is 2.61. The zero-order valence-electron chi connectivity index (χ0n) is 30.4. The van der Waals surface area contributed by atoms with Gasteiger partial charge in [0.2, 0.25) is 0 Å². The molecule has 6 heteroatoms. The third-order valence-corrected chi connectivity index (χ3v) is 8.24. The normalized spacial score (nSPS) is 9.81. The molecule has 0 atom stereocenters. The molecule has 0 saturated heterocycles. The van der Waals surface area contributed by atoms with Crippen LogP contribution < -0.4 is 28.4 Å². The molecule has 0 spiro atoms. The highest BCUT2D eigenvalue weighted by Gasteiger charge is 2.07. The smallest absolute Gasteiger partial charge is 0.122 e. The number of para-hydroxylation sites is 3. The fraction of sp³-hybridized carbons (Fsp3) is 0.217. The van der Waals surface area contributed by atoms with E-state index in [2.05, 4.69) is 54.6 Å². The predicted octanol–water partition coefficient (Wildman–Crippen LogP) is 10.5. The van der Waals surface area contributed by atoms with Crippen molar-refractivity contribution < 1.29 is 28.4 Å². The van der Waals surface area contributed by atoms with Gasteiger partial charge in [0.25, 0.3) is 0 Å². The lowest BCUT2D eigenvalue weighted by Crippen LogP contribution is -1.96. The van der Waals surface area contributed by atoms with Crippen molar-refractivity contribution in [3.05, 3.63) is 179 Å². The minimum Gasteiger partial charge on any atom is -0.497 e. The van der Waals surface area contributed by atoms with Crippen molar-refractivity contribution in [2.24, 2.45) is 0 Å². The van der Waals surface area contributed by atoms with Gasteiger partial charge in [-0.05, 0) is 94.4 Å². The Morgan fingerprint density at radius 3 is 0.846 bits per heavy atom. The summed E-state index contributed by atoms with van der Waals surface area (Å²) >= 11 is 0. The van der Waals surface area contributed by atoms with Crippen LogP contribution in [-0.4, -0.2) is 42.7 Å². The van der Waals surface area contributed by atoms with Crippen LogP contribution in [-0.2, 0) is 19.3 Å². The molecule has 6 rings (SSSR count). The van der Waals surface area contributed by atoms with E-state index in [1.165, 1.54) is 33.4 Å². The zero-order valence-corrected chi connectivity index (χ0v) is 30.4. The highest BCUT2D eigenvalue weighted by Crippen LogP contribution is 2.26. The molecule has 6 aromatic rings. The molecule has 0 aliphatic rings. The van der Waals surface area contributed by atoms with E-state index in [0.717, 1.165) is 53.8 Å².